The Labute approximate surface area is 212 Å². The molecule has 0 unspecified atom stereocenters. The number of ketones is 1. The van der Waals surface area contributed by atoms with Crippen molar-refractivity contribution in [3.05, 3.63) is 87.2 Å². The normalized spacial score (nSPS) is 15.5. The number of carbonyl (C=O) groups excluding carboxylic acids is 2. The molecule has 2 aromatic heterocycles. The Morgan fingerprint density at radius 3 is 2.72 bits per heavy atom. The first kappa shape index (κ1) is 22.5. The van der Waals surface area contributed by atoms with Crippen molar-refractivity contribution in [2.24, 2.45) is 0 Å². The van der Waals surface area contributed by atoms with E-state index in [1.165, 1.54) is 0 Å². The first-order valence-electron chi connectivity index (χ1n) is 11.9. The van der Waals surface area contributed by atoms with E-state index in [-0.39, 0.29) is 12.4 Å². The molecule has 0 N–H and O–H groups in total. The largest absolute Gasteiger partial charge is 0.486 e. The van der Waals surface area contributed by atoms with Crippen molar-refractivity contribution < 1.29 is 23.8 Å². The predicted molar refractivity (Wildman–Crippen MR) is 139 cm³/mol. The molecule has 7 heteroatoms. The molecule has 0 atom stereocenters. The highest BCUT2D eigenvalue weighted by Crippen LogP contribution is 2.37. The summed E-state index contributed by atoms with van der Waals surface area (Å²) in [5.74, 6) is 0.327. The number of thiophene rings is 1. The maximum absolute atomic E-state index is 13.5. The number of hydrogen-bond donors (Lipinski definition) is 0. The summed E-state index contributed by atoms with van der Waals surface area (Å²) in [5.41, 5.74) is 4.50. The highest BCUT2D eigenvalue weighted by molar-refractivity contribution is 7.10. The van der Waals surface area contributed by atoms with Crippen LogP contribution in [0.3, 0.4) is 0 Å². The highest BCUT2D eigenvalue weighted by atomic mass is 32.1. The fraction of sp³-hybridized carbons (Fsp3) is 0.207. The fourth-order valence-electron chi connectivity index (χ4n) is 4.76. The third kappa shape index (κ3) is 4.27. The molecule has 0 spiro atoms. The van der Waals surface area contributed by atoms with Gasteiger partial charge in [0.25, 0.3) is 0 Å². The van der Waals surface area contributed by atoms with Crippen molar-refractivity contribution in [1.29, 1.82) is 0 Å². The van der Waals surface area contributed by atoms with Crippen LogP contribution >= 0.6 is 11.3 Å². The summed E-state index contributed by atoms with van der Waals surface area (Å²) in [6.07, 6.45) is 4.70. The summed E-state index contributed by atoms with van der Waals surface area (Å²) in [6, 6.07) is 16.7. The second-order valence-corrected chi connectivity index (χ2v) is 9.71. The molecule has 0 bridgehead atoms. The summed E-state index contributed by atoms with van der Waals surface area (Å²) in [6.45, 7) is 0.552. The SMILES string of the molecule is O=C(COC(=O)c1c2c(nc3ccccc13)/C(=C\c1cccs1)CCC2)c1ccc2c(c1)OCCO2. The molecule has 1 aliphatic heterocycles. The molecule has 2 aliphatic rings. The number of aromatic nitrogens is 1. The second-order valence-electron chi connectivity index (χ2n) is 8.73. The molecule has 3 heterocycles. The number of Topliss-reactive ketones (excluding diaryl/α,β-unsaturated/α-hetero) is 1. The number of fused-ring (bicyclic) bond motifs is 3. The van der Waals surface area contributed by atoms with Crippen LogP contribution in [0.15, 0.2) is 60.0 Å². The van der Waals surface area contributed by atoms with Crippen LogP contribution in [0, 0.1) is 0 Å². The van der Waals surface area contributed by atoms with Crippen molar-refractivity contribution in [1.82, 2.24) is 4.98 Å². The minimum absolute atomic E-state index is 0.300. The van der Waals surface area contributed by atoms with Crippen LogP contribution in [-0.2, 0) is 11.2 Å². The number of benzene rings is 2. The number of para-hydroxylation sites is 1. The maximum atomic E-state index is 13.5. The van der Waals surface area contributed by atoms with Gasteiger partial charge >= 0.3 is 5.97 Å². The first-order valence-corrected chi connectivity index (χ1v) is 12.8. The van der Waals surface area contributed by atoms with E-state index in [0.717, 1.165) is 51.9 Å². The van der Waals surface area contributed by atoms with Gasteiger partial charge in [0, 0.05) is 15.8 Å². The van der Waals surface area contributed by atoms with E-state index in [1.54, 1.807) is 29.5 Å². The van der Waals surface area contributed by atoms with E-state index < -0.39 is 5.97 Å². The third-order valence-electron chi connectivity index (χ3n) is 6.43. The number of hydrogen-bond acceptors (Lipinski definition) is 7. The first-order chi connectivity index (χ1) is 17.7. The molecule has 36 heavy (non-hydrogen) atoms. The van der Waals surface area contributed by atoms with Gasteiger partial charge in [-0.2, -0.15) is 0 Å². The van der Waals surface area contributed by atoms with Crippen molar-refractivity contribution in [3.63, 3.8) is 0 Å². The number of carbonyl (C=O) groups is 2. The molecule has 0 amide bonds. The molecule has 180 valence electrons. The van der Waals surface area contributed by atoms with Crippen LogP contribution in [-0.4, -0.2) is 36.6 Å². The summed E-state index contributed by atoms with van der Waals surface area (Å²) in [7, 11) is 0. The van der Waals surface area contributed by atoms with Crippen LogP contribution in [0.4, 0.5) is 0 Å². The van der Waals surface area contributed by atoms with Gasteiger partial charge in [-0.05, 0) is 72.2 Å². The topological polar surface area (TPSA) is 74.7 Å². The molecule has 1 aliphatic carbocycles. The summed E-state index contributed by atoms with van der Waals surface area (Å²) in [4.78, 5) is 32.4. The van der Waals surface area contributed by atoms with Gasteiger partial charge in [-0.15, -0.1) is 11.3 Å². The monoisotopic (exact) mass is 497 g/mol. The Morgan fingerprint density at radius 1 is 1.00 bits per heavy atom. The number of ether oxygens (including phenoxy) is 3. The lowest BCUT2D eigenvalue weighted by atomic mass is 9.86. The average molecular weight is 498 g/mol. The van der Waals surface area contributed by atoms with E-state index >= 15 is 0 Å². The molecule has 4 aromatic rings. The van der Waals surface area contributed by atoms with Crippen molar-refractivity contribution in [2.75, 3.05) is 19.8 Å². The van der Waals surface area contributed by atoms with E-state index in [0.29, 0.717) is 35.8 Å². The molecule has 6 rings (SSSR count). The Hall–Kier alpha value is -3.97. The fourth-order valence-corrected chi connectivity index (χ4v) is 5.44. The molecule has 0 radical (unpaired) electrons. The van der Waals surface area contributed by atoms with Gasteiger partial charge in [-0.25, -0.2) is 9.78 Å². The molecular weight excluding hydrogens is 474 g/mol. The lowest BCUT2D eigenvalue weighted by molar-refractivity contribution is 0.0475. The Balaban J connectivity index is 1.32. The standard InChI is InChI=1S/C29H23NO5S/c31-24(18-10-11-25-26(16-18)34-13-12-33-25)17-35-29(32)27-21-7-1-2-9-23(21)30-28-19(5-3-8-22(27)28)15-20-6-4-14-36-20/h1-2,4,6-7,9-11,14-16H,3,5,8,12-13,17H2/b19-15-. The quantitative estimate of drug-likeness (QED) is 0.249. The molecule has 0 fully saturated rings. The van der Waals surface area contributed by atoms with Crippen LogP contribution < -0.4 is 9.47 Å². The van der Waals surface area contributed by atoms with Gasteiger partial charge in [0.15, 0.2) is 23.9 Å². The molecule has 0 saturated carbocycles. The second kappa shape index (κ2) is 9.59. The van der Waals surface area contributed by atoms with Gasteiger partial charge < -0.3 is 14.2 Å². The van der Waals surface area contributed by atoms with Crippen LogP contribution in [0.5, 0.6) is 11.5 Å². The Bertz CT molecular complexity index is 1510. The summed E-state index contributed by atoms with van der Waals surface area (Å²) >= 11 is 1.67. The molecular formula is C29H23NO5S. The van der Waals surface area contributed by atoms with E-state index in [9.17, 15) is 9.59 Å². The number of rotatable bonds is 5. The van der Waals surface area contributed by atoms with E-state index in [1.807, 2.05) is 35.7 Å². The zero-order valence-electron chi connectivity index (χ0n) is 19.5. The Kier molecular flexibility index (Phi) is 5.99. The molecule has 6 nitrogen and oxygen atoms in total. The predicted octanol–water partition coefficient (Wildman–Crippen LogP) is 5.98. The van der Waals surface area contributed by atoms with Gasteiger partial charge in [0.2, 0.25) is 0 Å². The van der Waals surface area contributed by atoms with Crippen molar-refractivity contribution in [3.8, 4) is 11.5 Å². The van der Waals surface area contributed by atoms with E-state index in [4.69, 9.17) is 19.2 Å². The van der Waals surface area contributed by atoms with Crippen molar-refractivity contribution in [2.45, 2.75) is 19.3 Å². The van der Waals surface area contributed by atoms with Crippen molar-refractivity contribution >= 4 is 45.6 Å². The molecule has 0 saturated heterocycles. The highest BCUT2D eigenvalue weighted by Gasteiger charge is 2.27. The summed E-state index contributed by atoms with van der Waals surface area (Å²) < 4.78 is 16.7. The third-order valence-corrected chi connectivity index (χ3v) is 7.25. The lowest BCUT2D eigenvalue weighted by Crippen LogP contribution is -2.19. The maximum Gasteiger partial charge on any atom is 0.339 e. The van der Waals surface area contributed by atoms with Gasteiger partial charge in [-0.3, -0.25) is 4.79 Å². The number of esters is 1. The van der Waals surface area contributed by atoms with Crippen LogP contribution in [0.25, 0.3) is 22.6 Å². The average Bonchev–Trinajstić information content (AvgIpc) is 3.43. The number of allylic oxidation sites excluding steroid dienone is 1. The minimum atomic E-state index is -0.506. The van der Waals surface area contributed by atoms with Crippen LogP contribution in [0.1, 0.15) is 49.7 Å². The summed E-state index contributed by atoms with van der Waals surface area (Å²) in [5, 5.41) is 2.79. The zero-order valence-corrected chi connectivity index (χ0v) is 20.3. The van der Waals surface area contributed by atoms with Gasteiger partial charge in [0.1, 0.15) is 13.2 Å². The van der Waals surface area contributed by atoms with Gasteiger partial charge in [-0.1, -0.05) is 24.3 Å². The zero-order chi connectivity index (χ0) is 24.5. The van der Waals surface area contributed by atoms with Crippen LogP contribution in [0.2, 0.25) is 0 Å². The Morgan fingerprint density at radius 2 is 1.86 bits per heavy atom. The van der Waals surface area contributed by atoms with Gasteiger partial charge in [0.05, 0.1) is 16.8 Å². The minimum Gasteiger partial charge on any atom is -0.486 e. The van der Waals surface area contributed by atoms with E-state index in [2.05, 4.69) is 12.1 Å². The lowest BCUT2D eigenvalue weighted by Gasteiger charge is -2.22. The number of pyridine rings is 1. The smallest absolute Gasteiger partial charge is 0.339 e. The number of nitrogens with zero attached hydrogens (tertiary/aromatic N) is 1. The molecule has 2 aromatic carbocycles.